The molecule has 294 valence electrons. The van der Waals surface area contributed by atoms with Crippen molar-refractivity contribution in [2.45, 2.75) is 5.41 Å². The quantitative estimate of drug-likeness (QED) is 0.0937. The summed E-state index contributed by atoms with van der Waals surface area (Å²) < 4.78 is 0. The summed E-state index contributed by atoms with van der Waals surface area (Å²) in [6.07, 6.45) is 0. The zero-order valence-corrected chi connectivity index (χ0v) is 35.4. The van der Waals surface area contributed by atoms with E-state index in [1.165, 1.54) is 43.0 Å². The molecule has 0 spiro atoms. The van der Waals surface area contributed by atoms with Crippen molar-refractivity contribution < 1.29 is 0 Å². The summed E-state index contributed by atoms with van der Waals surface area (Å²) in [5.41, 5.74) is 10.5. The van der Waals surface area contributed by atoms with Gasteiger partial charge in [0.1, 0.15) is 0 Å². The summed E-state index contributed by atoms with van der Waals surface area (Å²) in [4.78, 5) is 5.60. The van der Waals surface area contributed by atoms with Crippen molar-refractivity contribution >= 4 is 28.8 Å². The molecular formula is C60H45NSi. The van der Waals surface area contributed by atoms with Gasteiger partial charge in [0.15, 0.2) is 8.07 Å². The van der Waals surface area contributed by atoms with E-state index < -0.39 is 13.5 Å². The fourth-order valence-electron chi connectivity index (χ4n) is 9.58. The van der Waals surface area contributed by atoms with Gasteiger partial charge in [-0.3, -0.25) is 0 Å². The normalized spacial score (nSPS) is 11.5. The van der Waals surface area contributed by atoms with E-state index in [1.54, 1.807) is 0 Å². The molecule has 0 aliphatic rings. The first-order valence-electron chi connectivity index (χ1n) is 21.4. The fourth-order valence-corrected chi connectivity index (χ4v) is 14.4. The number of hydrogen-bond donors (Lipinski definition) is 0. The lowest BCUT2D eigenvalue weighted by atomic mass is 9.65. The fraction of sp³-hybridized carbons (Fsp3) is 0.0167. The van der Waals surface area contributed by atoms with E-state index in [0.717, 1.165) is 33.6 Å². The minimum absolute atomic E-state index is 0.575. The third-order valence-electron chi connectivity index (χ3n) is 12.4. The van der Waals surface area contributed by atoms with Crippen LogP contribution in [-0.4, -0.2) is 13.1 Å². The molecule has 2 heteroatoms. The van der Waals surface area contributed by atoms with Gasteiger partial charge in [-0.25, -0.2) is 4.98 Å². The Morgan fingerprint density at radius 1 is 0.242 bits per heavy atom. The van der Waals surface area contributed by atoms with E-state index in [-0.39, 0.29) is 0 Å². The molecule has 0 saturated heterocycles. The van der Waals surface area contributed by atoms with E-state index in [0.29, 0.717) is 0 Å². The van der Waals surface area contributed by atoms with Gasteiger partial charge in [-0.15, -0.1) is 0 Å². The summed E-state index contributed by atoms with van der Waals surface area (Å²) in [5.74, 6) is 0. The predicted octanol–water partition coefficient (Wildman–Crippen LogP) is 11.8. The van der Waals surface area contributed by atoms with E-state index in [2.05, 4.69) is 273 Å². The molecule has 1 heterocycles. The van der Waals surface area contributed by atoms with Crippen LogP contribution < -0.4 is 20.7 Å². The highest BCUT2D eigenvalue weighted by atomic mass is 28.3. The first-order chi connectivity index (χ1) is 30.7. The second kappa shape index (κ2) is 17.1. The van der Waals surface area contributed by atoms with Crippen LogP contribution in [0, 0.1) is 0 Å². The molecule has 0 atom stereocenters. The van der Waals surface area contributed by atoms with Gasteiger partial charge in [0, 0.05) is 11.1 Å². The largest absolute Gasteiger partial charge is 0.248 e. The maximum absolute atomic E-state index is 5.60. The molecule has 0 bridgehead atoms. The molecule has 0 saturated carbocycles. The lowest BCUT2D eigenvalue weighted by molar-refractivity contribution is 0.745. The first kappa shape index (κ1) is 38.5. The lowest BCUT2D eigenvalue weighted by Gasteiger charge is -2.37. The Labute approximate surface area is 366 Å². The van der Waals surface area contributed by atoms with Crippen molar-refractivity contribution in [2.24, 2.45) is 0 Å². The van der Waals surface area contributed by atoms with Crippen LogP contribution in [0.25, 0.3) is 33.6 Å². The van der Waals surface area contributed by atoms with Crippen LogP contribution in [0.1, 0.15) is 22.3 Å². The molecular weight excluding hydrogens is 763 g/mol. The Bertz CT molecular complexity index is 2650. The standard InChI is InChI=1S/C60H45NSi/c1-8-24-46(25-9-1)49-44-58(47-26-22-34-53(42-47)60(50-28-10-2-11-29-50,51-30-12-3-13-31-51)52-32-14-4-15-33-52)61-59(45-49)48-27-23-41-57(43-48)62(54-35-16-5-17-36-54,55-37-18-6-19-38-55)56-39-20-7-21-40-56/h1-45H. The lowest BCUT2D eigenvalue weighted by Crippen LogP contribution is -2.74. The Morgan fingerprint density at radius 2 is 0.565 bits per heavy atom. The Morgan fingerprint density at radius 3 is 1.00 bits per heavy atom. The Balaban J connectivity index is 1.20. The van der Waals surface area contributed by atoms with Crippen LogP contribution in [0.3, 0.4) is 0 Å². The highest BCUT2D eigenvalue weighted by molar-refractivity contribution is 7.19. The number of hydrogen-bond acceptors (Lipinski definition) is 1. The van der Waals surface area contributed by atoms with Gasteiger partial charge < -0.3 is 0 Å². The van der Waals surface area contributed by atoms with Crippen LogP contribution in [0.2, 0.25) is 0 Å². The maximum atomic E-state index is 5.60. The second-order valence-corrected chi connectivity index (χ2v) is 19.7. The average Bonchev–Trinajstić information content (AvgIpc) is 3.37. The van der Waals surface area contributed by atoms with Crippen LogP contribution >= 0.6 is 0 Å². The monoisotopic (exact) mass is 807 g/mol. The molecule has 0 N–H and O–H groups in total. The zero-order valence-electron chi connectivity index (χ0n) is 34.4. The number of aromatic nitrogens is 1. The van der Waals surface area contributed by atoms with E-state index >= 15 is 0 Å². The first-order valence-corrected chi connectivity index (χ1v) is 23.4. The van der Waals surface area contributed by atoms with Crippen molar-refractivity contribution in [3.8, 4) is 33.6 Å². The topological polar surface area (TPSA) is 12.9 Å². The van der Waals surface area contributed by atoms with Gasteiger partial charge in [-0.05, 0) is 72.3 Å². The van der Waals surface area contributed by atoms with Gasteiger partial charge >= 0.3 is 0 Å². The molecule has 10 rings (SSSR count). The Hall–Kier alpha value is -7.65. The van der Waals surface area contributed by atoms with Crippen molar-refractivity contribution in [2.75, 3.05) is 0 Å². The average molecular weight is 808 g/mol. The van der Waals surface area contributed by atoms with Gasteiger partial charge in [-0.2, -0.15) is 0 Å². The number of pyridine rings is 1. The summed E-state index contributed by atoms with van der Waals surface area (Å²) in [7, 11) is -2.77. The van der Waals surface area contributed by atoms with Crippen LogP contribution in [0.4, 0.5) is 0 Å². The maximum Gasteiger partial charge on any atom is 0.179 e. The van der Waals surface area contributed by atoms with Crippen molar-refractivity contribution in [3.05, 3.63) is 295 Å². The summed E-state index contributed by atoms with van der Waals surface area (Å²) in [5, 5.41) is 5.35. The van der Waals surface area contributed by atoms with Crippen molar-refractivity contribution in [3.63, 3.8) is 0 Å². The molecule has 9 aromatic carbocycles. The molecule has 0 aliphatic heterocycles. The van der Waals surface area contributed by atoms with Crippen LogP contribution in [0.5, 0.6) is 0 Å². The Kier molecular flexibility index (Phi) is 10.7. The number of benzene rings is 9. The third-order valence-corrected chi connectivity index (χ3v) is 17.1. The van der Waals surface area contributed by atoms with E-state index in [9.17, 15) is 0 Å². The minimum Gasteiger partial charge on any atom is -0.248 e. The van der Waals surface area contributed by atoms with Crippen molar-refractivity contribution in [1.29, 1.82) is 0 Å². The van der Waals surface area contributed by atoms with Crippen LogP contribution in [-0.2, 0) is 5.41 Å². The predicted molar refractivity (Wildman–Crippen MR) is 262 cm³/mol. The molecule has 1 aromatic heterocycles. The number of nitrogens with zero attached hydrogens (tertiary/aromatic N) is 1. The molecule has 62 heavy (non-hydrogen) atoms. The van der Waals surface area contributed by atoms with Crippen LogP contribution in [0.15, 0.2) is 273 Å². The summed E-state index contributed by atoms with van der Waals surface area (Å²) in [6, 6.07) is 99.6. The number of rotatable bonds is 11. The highest BCUT2D eigenvalue weighted by Gasteiger charge is 2.42. The molecule has 10 aromatic rings. The SMILES string of the molecule is c1ccc(-c2cc(-c3cccc(C(c4ccccc4)(c4ccccc4)c4ccccc4)c3)nc(-c3cccc([Si](c4ccccc4)(c4ccccc4)c4ccccc4)c3)c2)cc1. The molecule has 0 fully saturated rings. The molecule has 0 aliphatic carbocycles. The smallest absolute Gasteiger partial charge is 0.179 e. The van der Waals surface area contributed by atoms with E-state index in [1.807, 2.05) is 0 Å². The minimum atomic E-state index is -2.77. The zero-order chi connectivity index (χ0) is 41.6. The summed E-state index contributed by atoms with van der Waals surface area (Å²) >= 11 is 0. The molecule has 0 unspecified atom stereocenters. The second-order valence-electron chi connectivity index (χ2n) is 15.9. The van der Waals surface area contributed by atoms with Gasteiger partial charge in [-0.1, -0.05) is 255 Å². The van der Waals surface area contributed by atoms with E-state index in [4.69, 9.17) is 4.98 Å². The summed E-state index contributed by atoms with van der Waals surface area (Å²) in [6.45, 7) is 0. The van der Waals surface area contributed by atoms with Crippen molar-refractivity contribution in [1.82, 2.24) is 4.98 Å². The molecule has 0 radical (unpaired) electrons. The third kappa shape index (κ3) is 7.01. The molecule has 0 amide bonds. The van der Waals surface area contributed by atoms with Gasteiger partial charge in [0.2, 0.25) is 0 Å². The highest BCUT2D eigenvalue weighted by Crippen LogP contribution is 2.46. The van der Waals surface area contributed by atoms with Gasteiger partial charge in [0.25, 0.3) is 0 Å². The molecule has 1 nitrogen and oxygen atoms in total. The van der Waals surface area contributed by atoms with Gasteiger partial charge in [0.05, 0.1) is 16.8 Å².